The Hall–Kier alpha value is -0.700. The van der Waals surface area contributed by atoms with Crippen molar-refractivity contribution >= 4 is 16.1 Å². The molecule has 20 heavy (non-hydrogen) atoms. The number of carbonyl (C=O) groups excluding carboxylic acids is 1. The largest absolute Gasteiger partial charge is 0.342 e. The highest BCUT2D eigenvalue weighted by Crippen LogP contribution is 2.29. The molecule has 0 aromatic carbocycles. The van der Waals surface area contributed by atoms with Crippen molar-refractivity contribution in [3.8, 4) is 0 Å². The fraction of sp³-hybridized carbons (Fsp3) is 0.917. The van der Waals surface area contributed by atoms with Crippen molar-refractivity contribution in [1.29, 1.82) is 0 Å². The standard InChI is InChI=1S/C12H24N4O3S/c1-12(4-5-14-9-12)11(17)16-6-2-3-10(8-16)7-15-20(13,18)19/h10,14-15H,2-9H2,1H3,(H2,13,18,19). The Morgan fingerprint density at radius 3 is 2.90 bits per heavy atom. The number of likely N-dealkylation sites (tertiary alicyclic amines) is 1. The summed E-state index contributed by atoms with van der Waals surface area (Å²) in [5.74, 6) is 0.326. The lowest BCUT2D eigenvalue weighted by atomic mass is 9.86. The van der Waals surface area contributed by atoms with E-state index in [2.05, 4.69) is 10.0 Å². The predicted octanol–water partition coefficient (Wildman–Crippen LogP) is -0.982. The van der Waals surface area contributed by atoms with Gasteiger partial charge in [0, 0.05) is 26.2 Å². The summed E-state index contributed by atoms with van der Waals surface area (Å²) in [7, 11) is -3.65. The van der Waals surface area contributed by atoms with Crippen LogP contribution in [-0.2, 0) is 15.0 Å². The van der Waals surface area contributed by atoms with E-state index >= 15 is 0 Å². The Labute approximate surface area is 120 Å². The molecule has 2 fully saturated rings. The third-order valence-corrected chi connectivity index (χ3v) is 4.83. The van der Waals surface area contributed by atoms with Crippen LogP contribution in [0.1, 0.15) is 26.2 Å². The Morgan fingerprint density at radius 2 is 2.30 bits per heavy atom. The van der Waals surface area contributed by atoms with Crippen LogP contribution in [0.3, 0.4) is 0 Å². The van der Waals surface area contributed by atoms with Crippen LogP contribution in [0, 0.1) is 11.3 Å². The molecule has 0 aromatic heterocycles. The first-order valence-corrected chi connectivity index (χ1v) is 8.62. The SMILES string of the molecule is CC1(C(=O)N2CCCC(CNS(N)(=O)=O)C2)CCNC1. The molecule has 1 amide bonds. The van der Waals surface area contributed by atoms with Gasteiger partial charge in [0.05, 0.1) is 5.41 Å². The summed E-state index contributed by atoms with van der Waals surface area (Å²) in [6.45, 7) is 5.28. The average molecular weight is 304 g/mol. The van der Waals surface area contributed by atoms with Crippen LogP contribution in [0.15, 0.2) is 0 Å². The Bertz CT molecular complexity index is 459. The first-order chi connectivity index (χ1) is 9.30. The minimum atomic E-state index is -3.65. The van der Waals surface area contributed by atoms with Gasteiger partial charge < -0.3 is 10.2 Å². The molecule has 2 aliphatic heterocycles. The van der Waals surface area contributed by atoms with E-state index in [0.717, 1.165) is 38.9 Å². The van der Waals surface area contributed by atoms with Gasteiger partial charge in [-0.2, -0.15) is 8.42 Å². The number of carbonyl (C=O) groups is 1. The van der Waals surface area contributed by atoms with Crippen LogP contribution in [-0.4, -0.2) is 51.9 Å². The number of piperidine rings is 1. The molecule has 0 aromatic rings. The second-order valence-electron chi connectivity index (χ2n) is 6.14. The van der Waals surface area contributed by atoms with Gasteiger partial charge in [0.25, 0.3) is 10.2 Å². The lowest BCUT2D eigenvalue weighted by Gasteiger charge is -2.37. The number of nitrogens with zero attached hydrogens (tertiary/aromatic N) is 1. The molecule has 0 spiro atoms. The molecule has 2 heterocycles. The highest BCUT2D eigenvalue weighted by molar-refractivity contribution is 7.87. The van der Waals surface area contributed by atoms with E-state index in [1.165, 1.54) is 0 Å². The first-order valence-electron chi connectivity index (χ1n) is 7.08. The summed E-state index contributed by atoms with van der Waals surface area (Å²) in [6, 6.07) is 0. The van der Waals surface area contributed by atoms with Crippen molar-refractivity contribution in [2.24, 2.45) is 16.5 Å². The van der Waals surface area contributed by atoms with Gasteiger partial charge in [0.2, 0.25) is 5.91 Å². The van der Waals surface area contributed by atoms with Crippen molar-refractivity contribution in [3.05, 3.63) is 0 Å². The number of rotatable bonds is 4. The molecule has 2 atom stereocenters. The van der Waals surface area contributed by atoms with E-state index in [1.807, 2.05) is 11.8 Å². The third-order valence-electron chi connectivity index (χ3n) is 4.26. The summed E-state index contributed by atoms with van der Waals surface area (Å²) in [5, 5.41) is 8.17. The lowest BCUT2D eigenvalue weighted by molar-refractivity contribution is -0.142. The van der Waals surface area contributed by atoms with Crippen LogP contribution >= 0.6 is 0 Å². The van der Waals surface area contributed by atoms with Gasteiger partial charge in [0.15, 0.2) is 0 Å². The number of hydrogen-bond acceptors (Lipinski definition) is 4. The number of nitrogens with one attached hydrogen (secondary N) is 2. The maximum atomic E-state index is 12.6. The summed E-state index contributed by atoms with van der Waals surface area (Å²) in [5.41, 5.74) is -0.310. The van der Waals surface area contributed by atoms with Gasteiger partial charge in [-0.3, -0.25) is 4.79 Å². The first kappa shape index (κ1) is 15.7. The van der Waals surface area contributed by atoms with E-state index in [1.54, 1.807) is 0 Å². The fourth-order valence-corrected chi connectivity index (χ4v) is 3.50. The van der Waals surface area contributed by atoms with Gasteiger partial charge in [-0.15, -0.1) is 0 Å². The maximum Gasteiger partial charge on any atom is 0.274 e. The van der Waals surface area contributed by atoms with Crippen molar-refractivity contribution < 1.29 is 13.2 Å². The average Bonchev–Trinajstić information content (AvgIpc) is 2.83. The van der Waals surface area contributed by atoms with Gasteiger partial charge >= 0.3 is 0 Å². The van der Waals surface area contributed by atoms with E-state index in [-0.39, 0.29) is 17.2 Å². The molecule has 7 nitrogen and oxygen atoms in total. The van der Waals surface area contributed by atoms with E-state index in [4.69, 9.17) is 5.14 Å². The molecule has 8 heteroatoms. The highest BCUT2D eigenvalue weighted by atomic mass is 32.2. The minimum Gasteiger partial charge on any atom is -0.342 e. The molecular weight excluding hydrogens is 280 g/mol. The Balaban J connectivity index is 1.91. The van der Waals surface area contributed by atoms with E-state index in [0.29, 0.717) is 13.1 Å². The smallest absolute Gasteiger partial charge is 0.274 e. The van der Waals surface area contributed by atoms with Crippen LogP contribution in [0.25, 0.3) is 0 Å². The molecule has 2 unspecified atom stereocenters. The molecule has 116 valence electrons. The lowest BCUT2D eigenvalue weighted by Crippen LogP contribution is -2.49. The predicted molar refractivity (Wildman–Crippen MR) is 76.0 cm³/mol. The van der Waals surface area contributed by atoms with Gasteiger partial charge in [0.1, 0.15) is 0 Å². The Kier molecular flexibility index (Phi) is 4.68. The molecule has 2 rings (SSSR count). The number of amides is 1. The molecular formula is C12H24N4O3S. The molecule has 2 saturated heterocycles. The number of hydrogen-bond donors (Lipinski definition) is 3. The second-order valence-corrected chi connectivity index (χ2v) is 7.52. The van der Waals surface area contributed by atoms with E-state index in [9.17, 15) is 13.2 Å². The van der Waals surface area contributed by atoms with E-state index < -0.39 is 10.2 Å². The molecule has 4 N–H and O–H groups in total. The quantitative estimate of drug-likeness (QED) is 0.621. The normalized spacial score (nSPS) is 31.5. The van der Waals surface area contributed by atoms with Crippen LogP contribution in [0.5, 0.6) is 0 Å². The monoisotopic (exact) mass is 304 g/mol. The molecule has 0 bridgehead atoms. The maximum absolute atomic E-state index is 12.6. The van der Waals surface area contributed by atoms with Gasteiger partial charge in [-0.1, -0.05) is 0 Å². The topological polar surface area (TPSA) is 105 Å². The zero-order valence-electron chi connectivity index (χ0n) is 11.9. The zero-order chi connectivity index (χ0) is 14.8. The fourth-order valence-electron chi connectivity index (χ4n) is 3.03. The summed E-state index contributed by atoms with van der Waals surface area (Å²) in [6.07, 6.45) is 2.69. The Morgan fingerprint density at radius 1 is 1.55 bits per heavy atom. The van der Waals surface area contributed by atoms with Crippen molar-refractivity contribution in [2.45, 2.75) is 26.2 Å². The van der Waals surface area contributed by atoms with Gasteiger partial charge in [-0.05, 0) is 38.6 Å². The summed E-state index contributed by atoms with van der Waals surface area (Å²) < 4.78 is 24.2. The number of nitrogens with two attached hydrogens (primary N) is 1. The second kappa shape index (κ2) is 5.97. The van der Waals surface area contributed by atoms with Crippen molar-refractivity contribution in [1.82, 2.24) is 14.9 Å². The molecule has 0 aliphatic carbocycles. The van der Waals surface area contributed by atoms with Crippen molar-refractivity contribution in [3.63, 3.8) is 0 Å². The van der Waals surface area contributed by atoms with Crippen LogP contribution < -0.4 is 15.2 Å². The molecule has 2 aliphatic rings. The van der Waals surface area contributed by atoms with Crippen LogP contribution in [0.2, 0.25) is 0 Å². The highest BCUT2D eigenvalue weighted by Gasteiger charge is 2.40. The summed E-state index contributed by atoms with van der Waals surface area (Å²) in [4.78, 5) is 14.5. The third kappa shape index (κ3) is 3.91. The zero-order valence-corrected chi connectivity index (χ0v) is 12.7. The molecule has 0 saturated carbocycles. The molecule has 0 radical (unpaired) electrons. The minimum absolute atomic E-state index is 0.143. The van der Waals surface area contributed by atoms with Crippen LogP contribution in [0.4, 0.5) is 0 Å². The van der Waals surface area contributed by atoms with Crippen molar-refractivity contribution in [2.75, 3.05) is 32.7 Å². The van der Waals surface area contributed by atoms with Gasteiger partial charge in [-0.25, -0.2) is 9.86 Å². The summed E-state index contributed by atoms with van der Waals surface area (Å²) >= 11 is 0.